The number of nitrogens with two attached hydrogens (primary N) is 1. The Bertz CT molecular complexity index is 3340. The minimum absolute atomic E-state index is 0.0182. The van der Waals surface area contributed by atoms with E-state index in [1.807, 2.05) is 91.9 Å². The van der Waals surface area contributed by atoms with Crippen molar-refractivity contribution in [2.24, 2.45) is 12.8 Å². The first-order valence-electron chi connectivity index (χ1n) is 28.3. The van der Waals surface area contributed by atoms with E-state index in [-0.39, 0.29) is 62.3 Å². The van der Waals surface area contributed by atoms with Crippen molar-refractivity contribution < 1.29 is 47.7 Å². The Balaban J connectivity index is 0.658. The summed E-state index contributed by atoms with van der Waals surface area (Å²) in [4.78, 5) is 95.7. The summed E-state index contributed by atoms with van der Waals surface area (Å²) in [5.74, 6) is -2.05. The number of likely N-dealkylation sites (N-methyl/N-ethyl adjacent to an activating group) is 1. The largest absolute Gasteiger partial charge is 0.449 e. The number of rotatable bonds is 24. The zero-order valence-electron chi connectivity index (χ0n) is 46.2. The summed E-state index contributed by atoms with van der Waals surface area (Å²) in [6, 6.07) is 32.7. The highest BCUT2D eigenvalue weighted by atomic mass is 16.5. The van der Waals surface area contributed by atoms with Crippen molar-refractivity contribution in [1.29, 1.82) is 0 Å². The van der Waals surface area contributed by atoms with Gasteiger partial charge in [0.05, 0.1) is 48.7 Å². The number of ether oxygens (including phenoxy) is 4. The molecule has 4 heterocycles. The lowest BCUT2D eigenvalue weighted by atomic mass is 9.98. The standard InChI is InChI=1S/C63H71N7O11/c1-39(80-37-41-24-22-40(23-25-41)12-10-32-78-34-35-79-33-11-16-42-14-9-21-52-58(42)68(3)63(77)69(52)53-29-31-56(72)67(2)61(53)75)50(28-30-55(64)71)65-59(73)54-36-44-15-8-13-43-26-27-51(60(74)70(54)57(43)44)66-62(76)81-38-49-47-19-6-4-17-45(47)46-18-5-7-20-48(46)49/h4-9,13-15,17-25,39,49-51,53-54H,10-12,16,26-38H2,1-3H3,(H2,64,71)(H,65,73)(H,66,76)/t39-,50+,51+,53?,54+/m1/s1. The van der Waals surface area contributed by atoms with Crippen LogP contribution < -0.4 is 27.0 Å². The molecule has 0 bridgehead atoms. The molecule has 1 unspecified atom stereocenters. The third-order valence-electron chi connectivity index (χ3n) is 16.5. The van der Waals surface area contributed by atoms with Crippen molar-refractivity contribution in [3.05, 3.63) is 159 Å². The van der Waals surface area contributed by atoms with Gasteiger partial charge in [0.1, 0.15) is 24.7 Å². The summed E-state index contributed by atoms with van der Waals surface area (Å²) in [7, 11) is 3.18. The number of hydrogen-bond acceptors (Lipinski definition) is 11. The van der Waals surface area contributed by atoms with Crippen LogP contribution in [0.2, 0.25) is 0 Å². The lowest BCUT2D eigenvalue weighted by Gasteiger charge is -2.31. The van der Waals surface area contributed by atoms with E-state index in [0.717, 1.165) is 79.8 Å². The number of hydrogen-bond donors (Lipinski definition) is 3. The van der Waals surface area contributed by atoms with Crippen molar-refractivity contribution in [1.82, 2.24) is 24.7 Å². The topological polar surface area (TPSA) is 223 Å². The predicted octanol–water partition coefficient (Wildman–Crippen LogP) is 6.73. The van der Waals surface area contributed by atoms with Crippen molar-refractivity contribution in [3.8, 4) is 11.1 Å². The number of carbonyl (C=O) groups is 6. The van der Waals surface area contributed by atoms with Crippen LogP contribution in [0.4, 0.5) is 10.5 Å². The van der Waals surface area contributed by atoms with E-state index in [0.29, 0.717) is 63.3 Å². The van der Waals surface area contributed by atoms with Gasteiger partial charge in [-0.05, 0) is 114 Å². The number of primary amides is 1. The van der Waals surface area contributed by atoms with Gasteiger partial charge in [-0.1, -0.05) is 103 Å². The molecule has 0 saturated carbocycles. The van der Waals surface area contributed by atoms with Gasteiger partial charge in [0.25, 0.3) is 5.91 Å². The summed E-state index contributed by atoms with van der Waals surface area (Å²) >= 11 is 0. The number of nitrogens with one attached hydrogen (secondary N) is 2. The van der Waals surface area contributed by atoms with E-state index in [1.165, 1.54) is 16.5 Å². The van der Waals surface area contributed by atoms with Crippen LogP contribution in [0.5, 0.6) is 0 Å². The number of aromatic nitrogens is 2. The summed E-state index contributed by atoms with van der Waals surface area (Å²) in [6.07, 6.45) is 3.70. The Morgan fingerprint density at radius 3 is 2.11 bits per heavy atom. The molecule has 18 nitrogen and oxygen atoms in total. The number of piperidine rings is 1. The number of benzene rings is 5. The van der Waals surface area contributed by atoms with Gasteiger partial charge in [-0.15, -0.1) is 0 Å². The summed E-state index contributed by atoms with van der Waals surface area (Å²) < 4.78 is 27.0. The Kier molecular flexibility index (Phi) is 17.6. The minimum atomic E-state index is -0.936. The van der Waals surface area contributed by atoms with Crippen LogP contribution in [0.15, 0.2) is 114 Å². The summed E-state index contributed by atoms with van der Waals surface area (Å²) in [5.41, 5.74) is 16.7. The van der Waals surface area contributed by atoms with E-state index in [4.69, 9.17) is 24.7 Å². The average Bonchev–Trinajstić information content (AvgIpc) is 4.23. The highest BCUT2D eigenvalue weighted by molar-refractivity contribution is 6.07. The fourth-order valence-corrected chi connectivity index (χ4v) is 12.1. The first-order chi connectivity index (χ1) is 39.3. The van der Waals surface area contributed by atoms with Gasteiger partial charge in [-0.2, -0.15) is 0 Å². The van der Waals surface area contributed by atoms with Crippen molar-refractivity contribution in [2.45, 2.75) is 120 Å². The van der Waals surface area contributed by atoms with Gasteiger partial charge >= 0.3 is 11.8 Å². The molecule has 3 aliphatic heterocycles. The van der Waals surface area contributed by atoms with Crippen LogP contribution >= 0.6 is 0 Å². The maximum atomic E-state index is 14.6. The van der Waals surface area contributed by atoms with Crippen LogP contribution in [0.25, 0.3) is 22.2 Å². The number of anilines is 1. The lowest BCUT2D eigenvalue weighted by molar-refractivity contribution is -0.149. The first-order valence-corrected chi connectivity index (χ1v) is 28.3. The van der Waals surface area contributed by atoms with Gasteiger partial charge in [0, 0.05) is 52.5 Å². The molecule has 4 N–H and O–H groups in total. The van der Waals surface area contributed by atoms with E-state index in [9.17, 15) is 33.6 Å². The molecule has 0 radical (unpaired) electrons. The van der Waals surface area contributed by atoms with Crippen molar-refractivity contribution >= 4 is 52.3 Å². The smallest absolute Gasteiger partial charge is 0.407 e. The zero-order chi connectivity index (χ0) is 56.7. The van der Waals surface area contributed by atoms with Gasteiger partial charge in [0.15, 0.2) is 0 Å². The highest BCUT2D eigenvalue weighted by Crippen LogP contribution is 2.45. The number of aryl methyl sites for hydroxylation is 4. The number of likely N-dealkylation sites (tertiary alicyclic amines) is 1. The maximum Gasteiger partial charge on any atom is 0.407 e. The Morgan fingerprint density at radius 2 is 1.40 bits per heavy atom. The van der Waals surface area contributed by atoms with Crippen LogP contribution in [-0.4, -0.2) is 114 Å². The monoisotopic (exact) mass is 1100 g/mol. The number of imidazole rings is 1. The fraction of sp³-hybridized carbons (Fsp3) is 0.413. The molecule has 424 valence electrons. The fourth-order valence-electron chi connectivity index (χ4n) is 12.1. The predicted molar refractivity (Wildman–Crippen MR) is 304 cm³/mol. The molecule has 5 aromatic carbocycles. The van der Waals surface area contributed by atoms with E-state index < -0.39 is 54.1 Å². The second kappa shape index (κ2) is 25.2. The van der Waals surface area contributed by atoms with Crippen LogP contribution in [-0.2, 0) is 82.3 Å². The number of carbonyl (C=O) groups excluding carboxylic acids is 6. The van der Waals surface area contributed by atoms with Gasteiger partial charge < -0.3 is 35.3 Å². The van der Waals surface area contributed by atoms with Crippen LogP contribution in [0.1, 0.15) is 103 Å². The number of para-hydroxylation sites is 2. The Labute approximate surface area is 470 Å². The second-order valence-electron chi connectivity index (χ2n) is 21.6. The molecule has 81 heavy (non-hydrogen) atoms. The number of imide groups is 1. The second-order valence-corrected chi connectivity index (χ2v) is 21.6. The molecule has 1 fully saturated rings. The van der Waals surface area contributed by atoms with Crippen molar-refractivity contribution in [3.63, 3.8) is 0 Å². The molecule has 6 aromatic rings. The number of nitrogens with zero attached hydrogens (tertiary/aromatic N) is 4. The Hall–Kier alpha value is -7.93. The molecule has 1 saturated heterocycles. The number of alkyl carbamates (subject to hydrolysis) is 1. The van der Waals surface area contributed by atoms with Crippen molar-refractivity contribution in [2.75, 3.05) is 45.0 Å². The molecule has 18 heteroatoms. The van der Waals surface area contributed by atoms with Crippen LogP contribution in [0, 0.1) is 0 Å². The number of amides is 6. The molecule has 6 amide bonds. The SMILES string of the molecule is C[C@@H](OCc1ccc(CCCOCCOCCCc2cccc3c2n(C)c(=O)n3C2CCC(=O)N(C)C2=O)cc1)[C@H](CCC(N)=O)NC(=O)[C@@H]1Cc2cccc3c2N1C(=O)[C@@H](NC(=O)OCC1c2ccccc2-c2ccccc21)CC3. The van der Waals surface area contributed by atoms with E-state index in [2.05, 4.69) is 34.9 Å². The van der Waals surface area contributed by atoms with Crippen LogP contribution in [0.3, 0.4) is 0 Å². The molecule has 1 aliphatic carbocycles. The first kappa shape index (κ1) is 56.3. The van der Waals surface area contributed by atoms with Gasteiger partial charge in [0.2, 0.25) is 23.6 Å². The minimum Gasteiger partial charge on any atom is -0.449 e. The summed E-state index contributed by atoms with van der Waals surface area (Å²) in [6.45, 7) is 4.21. The molecule has 4 aliphatic rings. The molecule has 5 atom stereocenters. The molecular weight excluding hydrogens is 1030 g/mol. The third kappa shape index (κ3) is 12.2. The normalized spacial score (nSPS) is 18.3. The zero-order valence-corrected chi connectivity index (χ0v) is 46.2. The van der Waals surface area contributed by atoms with E-state index >= 15 is 0 Å². The third-order valence-corrected chi connectivity index (χ3v) is 16.5. The molecule has 1 aromatic heterocycles. The summed E-state index contributed by atoms with van der Waals surface area (Å²) in [5, 5.41) is 5.97. The number of fused-ring (bicyclic) bond motifs is 4. The Morgan fingerprint density at radius 1 is 0.728 bits per heavy atom. The maximum absolute atomic E-state index is 14.6. The lowest BCUT2D eigenvalue weighted by Crippen LogP contribution is -2.56. The molecule has 0 spiro atoms. The average molecular weight is 1100 g/mol. The molecule has 10 rings (SSSR count). The van der Waals surface area contributed by atoms with E-state index in [1.54, 1.807) is 11.6 Å². The highest BCUT2D eigenvalue weighted by Gasteiger charge is 2.45. The molecular formula is C63H71N7O11. The van der Waals surface area contributed by atoms with Gasteiger partial charge in [-0.25, -0.2) is 9.59 Å². The quantitative estimate of drug-likeness (QED) is 0.0426. The van der Waals surface area contributed by atoms with Gasteiger partial charge in [-0.3, -0.25) is 42.9 Å².